The number of aromatic hydroxyl groups is 1. The fraction of sp³-hybridized carbons (Fsp3) is 0.357. The zero-order valence-electron chi connectivity index (χ0n) is 21.7. The second-order valence-electron chi connectivity index (χ2n) is 10.7. The van der Waals surface area contributed by atoms with Gasteiger partial charge in [-0.05, 0) is 37.0 Å². The third kappa shape index (κ3) is 3.45. The number of halogens is 2. The van der Waals surface area contributed by atoms with E-state index in [1.54, 1.807) is 6.08 Å². The zero-order chi connectivity index (χ0) is 29.6. The highest BCUT2D eigenvalue weighted by molar-refractivity contribution is 6.53. The number of methoxy groups -OCH3 is 1. The minimum Gasteiger partial charge on any atom is -0.508 e. The van der Waals surface area contributed by atoms with Crippen molar-refractivity contribution in [3.05, 3.63) is 69.8 Å². The van der Waals surface area contributed by atoms with Gasteiger partial charge in [0.15, 0.2) is 9.75 Å². The Morgan fingerprint density at radius 2 is 1.71 bits per heavy atom. The lowest BCUT2D eigenvalue weighted by molar-refractivity contribution is -0.384. The fourth-order valence-electron chi connectivity index (χ4n) is 7.01. The Balaban J connectivity index is 1.50. The average molecular weight is 600 g/mol. The van der Waals surface area contributed by atoms with Crippen molar-refractivity contribution in [3.63, 3.8) is 0 Å². The summed E-state index contributed by atoms with van der Waals surface area (Å²) in [5.74, 6) is -5.80. The van der Waals surface area contributed by atoms with Crippen LogP contribution in [0.4, 0.5) is 11.4 Å². The number of likely N-dealkylation sites (tertiary alicyclic amines) is 1. The Kier molecular flexibility index (Phi) is 5.99. The van der Waals surface area contributed by atoms with E-state index >= 15 is 0 Å². The average Bonchev–Trinajstić information content (AvgIpc) is 3.28. The molecule has 2 aliphatic carbocycles. The highest BCUT2D eigenvalue weighted by atomic mass is 35.5. The Labute approximate surface area is 243 Å². The zero-order valence-corrected chi connectivity index (χ0v) is 23.3. The lowest BCUT2D eigenvalue weighted by Gasteiger charge is -2.51. The molecule has 13 heteroatoms. The van der Waals surface area contributed by atoms with Crippen LogP contribution in [0, 0.1) is 27.9 Å². The summed E-state index contributed by atoms with van der Waals surface area (Å²) in [6.45, 7) is 0. The molecule has 2 heterocycles. The number of phenols is 1. The number of non-ortho nitro benzene ring substituents is 1. The summed E-state index contributed by atoms with van der Waals surface area (Å²) in [5.41, 5.74) is 0.960. The maximum absolute atomic E-state index is 14.0. The van der Waals surface area contributed by atoms with Crippen LogP contribution in [0.2, 0.25) is 0 Å². The van der Waals surface area contributed by atoms with Crippen LogP contribution < -0.4 is 9.64 Å². The molecule has 3 fully saturated rings. The predicted octanol–water partition coefficient (Wildman–Crippen LogP) is 3.50. The molecule has 0 spiro atoms. The van der Waals surface area contributed by atoms with E-state index in [1.807, 2.05) is 0 Å². The van der Waals surface area contributed by atoms with Crippen molar-refractivity contribution in [1.29, 1.82) is 0 Å². The second-order valence-corrected chi connectivity index (χ2v) is 12.0. The summed E-state index contributed by atoms with van der Waals surface area (Å²) in [5, 5.41) is 21.2. The third-order valence-corrected chi connectivity index (χ3v) is 10.3. The number of imide groups is 2. The number of fused-ring (bicyclic) bond motifs is 4. The van der Waals surface area contributed by atoms with E-state index in [4.69, 9.17) is 27.9 Å². The van der Waals surface area contributed by atoms with Crippen LogP contribution in [0.15, 0.2) is 54.1 Å². The highest BCUT2D eigenvalue weighted by Crippen LogP contribution is 2.66. The van der Waals surface area contributed by atoms with Crippen molar-refractivity contribution in [2.75, 3.05) is 19.1 Å². The molecule has 0 unspecified atom stereocenters. The minimum absolute atomic E-state index is 0.0994. The molecule has 0 bridgehead atoms. The maximum atomic E-state index is 14.0. The van der Waals surface area contributed by atoms with E-state index in [0.717, 1.165) is 9.80 Å². The first-order valence-electron chi connectivity index (χ1n) is 12.8. The van der Waals surface area contributed by atoms with Crippen molar-refractivity contribution in [1.82, 2.24) is 4.90 Å². The number of carbonyl (C=O) groups is 4. The van der Waals surface area contributed by atoms with Gasteiger partial charge in [-0.1, -0.05) is 17.7 Å². The molecule has 2 aromatic rings. The molecule has 2 saturated heterocycles. The van der Waals surface area contributed by atoms with Gasteiger partial charge < -0.3 is 9.84 Å². The number of alkyl halides is 2. The Morgan fingerprint density at radius 3 is 2.34 bits per heavy atom. The van der Waals surface area contributed by atoms with Crippen molar-refractivity contribution in [2.45, 2.75) is 28.5 Å². The SMILES string of the molecule is COc1cc(O)ccc1[C@H]1C2=CC[C@@H]3C(=O)N(c4ccc([N+](=O)[O-])cc4)C(=O)[C@@H]3[C@@H]2C[C@@]2(Cl)C(=O)N(C)C(=O)[C@@]12Cl. The topological polar surface area (TPSA) is 147 Å². The van der Waals surface area contributed by atoms with Gasteiger partial charge in [-0.15, -0.1) is 23.2 Å². The van der Waals surface area contributed by atoms with Crippen molar-refractivity contribution >= 4 is 58.2 Å². The van der Waals surface area contributed by atoms with Gasteiger partial charge in [0, 0.05) is 36.7 Å². The van der Waals surface area contributed by atoms with E-state index < -0.39 is 62.0 Å². The monoisotopic (exact) mass is 599 g/mol. The molecule has 6 rings (SSSR count). The molecule has 0 aromatic heterocycles. The first kappa shape index (κ1) is 27.2. The lowest BCUT2D eigenvalue weighted by atomic mass is 9.56. The smallest absolute Gasteiger partial charge is 0.269 e. The van der Waals surface area contributed by atoms with Crippen molar-refractivity contribution < 1.29 is 33.9 Å². The quantitative estimate of drug-likeness (QED) is 0.184. The van der Waals surface area contributed by atoms with Gasteiger partial charge in [-0.2, -0.15) is 0 Å². The van der Waals surface area contributed by atoms with Crippen LogP contribution in [-0.4, -0.2) is 62.5 Å². The van der Waals surface area contributed by atoms with E-state index in [0.29, 0.717) is 11.1 Å². The van der Waals surface area contributed by atoms with Gasteiger partial charge in [0.2, 0.25) is 11.8 Å². The summed E-state index contributed by atoms with van der Waals surface area (Å²) in [6.07, 6.45) is 1.76. The molecular formula is C28H23Cl2N3O8. The molecule has 1 N–H and O–H groups in total. The van der Waals surface area contributed by atoms with Crippen LogP contribution in [0.1, 0.15) is 24.3 Å². The molecule has 1 saturated carbocycles. The Morgan fingerprint density at radius 1 is 1.02 bits per heavy atom. The van der Waals surface area contributed by atoms with Crippen LogP contribution in [0.3, 0.4) is 0 Å². The van der Waals surface area contributed by atoms with Crippen LogP contribution in [0.25, 0.3) is 0 Å². The number of nitrogens with zero attached hydrogens (tertiary/aromatic N) is 3. The largest absolute Gasteiger partial charge is 0.508 e. The first-order chi connectivity index (χ1) is 19.4. The number of rotatable bonds is 4. The van der Waals surface area contributed by atoms with Crippen molar-refractivity contribution in [3.8, 4) is 11.5 Å². The number of nitro benzene ring substituents is 1. The number of allylic oxidation sites excluding steroid dienone is 2. The molecular weight excluding hydrogens is 577 g/mol. The van der Waals surface area contributed by atoms with Gasteiger partial charge in [0.05, 0.1) is 29.6 Å². The standard InChI is InChI=1S/C28H23Cl2N3O8/c1-31-25(37)27(29)12-19-16(22(28(27,30)26(31)38)17-8-7-15(34)11-20(17)41-2)9-10-18-21(19)24(36)32(23(18)35)13-3-5-14(6-4-13)33(39)40/h3-9,11,18-19,21-22,34H,10,12H2,1-2H3/t18-,19+,21-,22+,27+,28-/m0/s1. The highest BCUT2D eigenvalue weighted by Gasteiger charge is 2.76. The molecule has 4 amide bonds. The van der Waals surface area contributed by atoms with E-state index in [9.17, 15) is 34.4 Å². The van der Waals surface area contributed by atoms with Gasteiger partial charge >= 0.3 is 0 Å². The van der Waals surface area contributed by atoms with Crippen LogP contribution in [-0.2, 0) is 19.2 Å². The van der Waals surface area contributed by atoms with Crippen molar-refractivity contribution in [2.24, 2.45) is 17.8 Å². The molecule has 2 aliphatic heterocycles. The summed E-state index contributed by atoms with van der Waals surface area (Å²) in [6, 6.07) is 9.39. The summed E-state index contributed by atoms with van der Waals surface area (Å²) < 4.78 is 5.52. The molecule has 2 aromatic carbocycles. The number of nitro groups is 1. The van der Waals surface area contributed by atoms with Crippen LogP contribution in [0.5, 0.6) is 11.5 Å². The number of hydrogen-bond donors (Lipinski definition) is 1. The fourth-order valence-corrected chi connectivity index (χ4v) is 8.02. The Bertz CT molecular complexity index is 1590. The molecule has 0 radical (unpaired) electrons. The predicted molar refractivity (Wildman–Crippen MR) is 146 cm³/mol. The van der Waals surface area contributed by atoms with E-state index in [1.165, 1.54) is 56.6 Å². The molecule has 11 nitrogen and oxygen atoms in total. The second kappa shape index (κ2) is 9.02. The van der Waals surface area contributed by atoms with E-state index in [2.05, 4.69) is 0 Å². The number of phenolic OH excluding ortho intramolecular Hbond substituents is 1. The maximum Gasteiger partial charge on any atom is 0.269 e. The third-order valence-electron chi connectivity index (χ3n) is 8.86. The minimum atomic E-state index is -1.98. The van der Waals surface area contributed by atoms with Gasteiger partial charge in [0.25, 0.3) is 17.5 Å². The number of hydrogen-bond acceptors (Lipinski definition) is 8. The number of benzene rings is 2. The molecule has 212 valence electrons. The molecule has 4 aliphatic rings. The van der Waals surface area contributed by atoms with Gasteiger partial charge in [0.1, 0.15) is 11.5 Å². The Hall–Kier alpha value is -3.96. The van der Waals surface area contributed by atoms with Gasteiger partial charge in [-0.25, -0.2) is 0 Å². The molecule has 6 atom stereocenters. The van der Waals surface area contributed by atoms with E-state index in [-0.39, 0.29) is 35.7 Å². The lowest BCUT2D eigenvalue weighted by Crippen LogP contribution is -2.60. The summed E-state index contributed by atoms with van der Waals surface area (Å²) in [7, 11) is 2.68. The number of carbonyl (C=O) groups excluding carboxylic acids is 4. The van der Waals surface area contributed by atoms with Crippen LogP contribution >= 0.6 is 23.2 Å². The summed E-state index contributed by atoms with van der Waals surface area (Å²) in [4.78, 5) is 63.2. The number of anilines is 1. The number of amides is 4. The normalized spacial score (nSPS) is 32.4. The van der Waals surface area contributed by atoms with Gasteiger partial charge in [-0.3, -0.25) is 39.1 Å². The molecule has 41 heavy (non-hydrogen) atoms. The summed E-state index contributed by atoms with van der Waals surface area (Å²) >= 11 is 14.3. The first-order valence-corrected chi connectivity index (χ1v) is 13.5. The number of ether oxygens (including phenoxy) is 1.